The van der Waals surface area contributed by atoms with E-state index in [9.17, 15) is 0 Å². The van der Waals surface area contributed by atoms with Gasteiger partial charge in [-0.3, -0.25) is 0 Å². The first-order chi connectivity index (χ1) is 27.3. The fraction of sp³-hybridized carbons (Fsp3) is 0.115. The van der Waals surface area contributed by atoms with Crippen LogP contribution in [0.4, 0.5) is 34.1 Å². The predicted octanol–water partition coefficient (Wildman–Crippen LogP) is 12.3. The van der Waals surface area contributed by atoms with E-state index in [1.807, 2.05) is 0 Å². The van der Waals surface area contributed by atoms with E-state index in [-0.39, 0.29) is 6.71 Å². The van der Waals surface area contributed by atoms with Gasteiger partial charge in [-0.2, -0.15) is 0 Å². The van der Waals surface area contributed by atoms with Crippen molar-refractivity contribution >= 4 is 68.0 Å². The van der Waals surface area contributed by atoms with Gasteiger partial charge in [0.05, 0.1) is 0 Å². The summed E-state index contributed by atoms with van der Waals surface area (Å²) in [6.07, 6.45) is 6.43. The molecule has 0 unspecified atom stereocenters. The van der Waals surface area contributed by atoms with E-state index >= 15 is 0 Å². The summed E-state index contributed by atoms with van der Waals surface area (Å²) in [5.41, 5.74) is 18.0. The van der Waals surface area contributed by atoms with Gasteiger partial charge in [-0.15, -0.1) is 0 Å². The molecule has 8 aromatic carbocycles. The van der Waals surface area contributed by atoms with E-state index in [2.05, 4.69) is 192 Å². The molecule has 1 fully saturated rings. The molecule has 3 heteroatoms. The molecule has 2 aliphatic heterocycles. The Labute approximate surface area is 324 Å². The Bertz CT molecular complexity index is 2700. The number of fused-ring (bicyclic) bond motifs is 5. The maximum Gasteiger partial charge on any atom is 0.252 e. The van der Waals surface area contributed by atoms with Crippen LogP contribution in [-0.2, 0) is 0 Å². The summed E-state index contributed by atoms with van der Waals surface area (Å²) >= 11 is 0. The monoisotopic (exact) mass is 704 g/mol. The van der Waals surface area contributed by atoms with Gasteiger partial charge < -0.3 is 9.80 Å². The highest BCUT2D eigenvalue weighted by Crippen LogP contribution is 2.48. The highest BCUT2D eigenvalue weighted by Gasteiger charge is 2.44. The fourth-order valence-electron chi connectivity index (χ4n) is 9.86. The molecule has 0 spiro atoms. The third-order valence-corrected chi connectivity index (χ3v) is 12.4. The largest absolute Gasteiger partial charge is 0.311 e. The molecular formula is C52H41BN2. The van der Waals surface area contributed by atoms with Gasteiger partial charge >= 0.3 is 0 Å². The second kappa shape index (κ2) is 13.2. The molecule has 1 saturated carbocycles. The molecule has 8 aromatic rings. The van der Waals surface area contributed by atoms with Crippen LogP contribution in [0.5, 0.6) is 0 Å². The lowest BCUT2D eigenvalue weighted by atomic mass is 9.33. The van der Waals surface area contributed by atoms with Crippen LogP contribution in [0.25, 0.3) is 33.0 Å². The van der Waals surface area contributed by atoms with E-state index in [4.69, 9.17) is 0 Å². The highest BCUT2D eigenvalue weighted by atomic mass is 15.2. The van der Waals surface area contributed by atoms with Crippen molar-refractivity contribution in [3.63, 3.8) is 0 Å². The molecule has 0 saturated heterocycles. The molecule has 0 atom stereocenters. The summed E-state index contributed by atoms with van der Waals surface area (Å²) in [5.74, 6) is 0.550. The van der Waals surface area contributed by atoms with Crippen LogP contribution in [0.3, 0.4) is 0 Å². The number of hydrogen-bond donors (Lipinski definition) is 0. The van der Waals surface area contributed by atoms with Gasteiger partial charge in [-0.1, -0.05) is 153 Å². The van der Waals surface area contributed by atoms with E-state index in [1.165, 1.54) is 121 Å². The van der Waals surface area contributed by atoms with Crippen LogP contribution in [0, 0.1) is 0 Å². The molecule has 55 heavy (non-hydrogen) atoms. The first-order valence-electron chi connectivity index (χ1n) is 20.0. The Morgan fingerprint density at radius 3 is 1.76 bits per heavy atom. The van der Waals surface area contributed by atoms with E-state index < -0.39 is 0 Å². The van der Waals surface area contributed by atoms with E-state index in [1.54, 1.807) is 0 Å². The third kappa shape index (κ3) is 5.33. The number of para-hydroxylation sites is 2. The summed E-state index contributed by atoms with van der Waals surface area (Å²) in [6, 6.07) is 68.1. The molecule has 0 radical (unpaired) electrons. The van der Waals surface area contributed by atoms with Crippen molar-refractivity contribution in [1.29, 1.82) is 0 Å². The zero-order chi connectivity index (χ0) is 36.3. The molecule has 2 heterocycles. The normalized spacial score (nSPS) is 14.7. The summed E-state index contributed by atoms with van der Waals surface area (Å²) in [4.78, 5) is 5.14. The minimum Gasteiger partial charge on any atom is -0.311 e. The predicted molar refractivity (Wildman–Crippen MR) is 235 cm³/mol. The molecule has 11 rings (SSSR count). The van der Waals surface area contributed by atoms with Gasteiger partial charge in [0.2, 0.25) is 0 Å². The summed E-state index contributed by atoms with van der Waals surface area (Å²) in [7, 11) is 0. The van der Waals surface area contributed by atoms with Gasteiger partial charge in [0.25, 0.3) is 6.71 Å². The number of hydrogen-bond acceptors (Lipinski definition) is 2. The number of rotatable bonds is 5. The molecule has 0 N–H and O–H groups in total. The average molecular weight is 705 g/mol. The van der Waals surface area contributed by atoms with Crippen LogP contribution in [0.1, 0.15) is 43.6 Å². The summed E-state index contributed by atoms with van der Waals surface area (Å²) < 4.78 is 0. The Kier molecular flexibility index (Phi) is 7.72. The quantitative estimate of drug-likeness (QED) is 0.165. The standard InChI is InChI=1S/C52H41BN2/c1-5-16-36(17-6-1)39-29-31-48-47(32-39)53-46-30-28-40(45-27-15-21-38-20-13-14-26-44(38)45)33-49(46)55(43-24-11-4-12-25-43)51-35-41(37-18-7-2-8-19-37)34-50(52(51)53)54(48)42-22-9-3-10-23-42/h1,3-6,9-17,20-35,37H,2,7-8,18-19H2. The molecular weight excluding hydrogens is 663 g/mol. The molecule has 0 bridgehead atoms. The lowest BCUT2D eigenvalue weighted by molar-refractivity contribution is 0.444. The Morgan fingerprint density at radius 2 is 1.04 bits per heavy atom. The summed E-state index contributed by atoms with van der Waals surface area (Å²) in [5, 5.41) is 2.55. The fourth-order valence-corrected chi connectivity index (χ4v) is 9.86. The number of benzene rings is 8. The second-order valence-corrected chi connectivity index (χ2v) is 15.5. The Balaban J connectivity index is 1.23. The van der Waals surface area contributed by atoms with Crippen LogP contribution < -0.4 is 26.2 Å². The molecule has 2 nitrogen and oxygen atoms in total. The lowest BCUT2D eigenvalue weighted by Crippen LogP contribution is -2.61. The van der Waals surface area contributed by atoms with Crippen molar-refractivity contribution in [3.05, 3.63) is 188 Å². The van der Waals surface area contributed by atoms with Gasteiger partial charge in [0, 0.05) is 34.1 Å². The van der Waals surface area contributed by atoms with Crippen molar-refractivity contribution < 1.29 is 0 Å². The number of nitrogens with zero attached hydrogens (tertiary/aromatic N) is 2. The highest BCUT2D eigenvalue weighted by molar-refractivity contribution is 7.00. The first kappa shape index (κ1) is 32.1. The summed E-state index contributed by atoms with van der Waals surface area (Å²) in [6.45, 7) is 0.0561. The zero-order valence-corrected chi connectivity index (χ0v) is 30.9. The molecule has 0 aromatic heterocycles. The minimum atomic E-state index is 0.0561. The van der Waals surface area contributed by atoms with Crippen molar-refractivity contribution in [2.45, 2.75) is 38.0 Å². The number of anilines is 6. The second-order valence-electron chi connectivity index (χ2n) is 15.5. The van der Waals surface area contributed by atoms with E-state index in [0.29, 0.717) is 5.92 Å². The SMILES string of the molecule is c1ccc(-c2ccc3c(c2)B2c4ccc(-c5cccc6ccccc56)cc4N(c4ccccc4)c4cc(C5CCCCC5)cc(c42)N3c2ccccc2)cc1. The molecule has 262 valence electrons. The van der Waals surface area contributed by atoms with Crippen molar-refractivity contribution in [3.8, 4) is 22.3 Å². The van der Waals surface area contributed by atoms with Gasteiger partial charge in [0.15, 0.2) is 0 Å². The van der Waals surface area contributed by atoms with Gasteiger partial charge in [0.1, 0.15) is 0 Å². The average Bonchev–Trinajstić information content (AvgIpc) is 3.26. The van der Waals surface area contributed by atoms with Gasteiger partial charge in [-0.25, -0.2) is 0 Å². The third-order valence-electron chi connectivity index (χ3n) is 12.4. The van der Waals surface area contributed by atoms with Crippen LogP contribution >= 0.6 is 0 Å². The molecule has 1 aliphatic carbocycles. The van der Waals surface area contributed by atoms with Crippen LogP contribution in [0.2, 0.25) is 0 Å². The van der Waals surface area contributed by atoms with Crippen molar-refractivity contribution in [2.24, 2.45) is 0 Å². The molecule has 3 aliphatic rings. The van der Waals surface area contributed by atoms with Gasteiger partial charge in [-0.05, 0) is 122 Å². The molecule has 0 amide bonds. The topological polar surface area (TPSA) is 6.48 Å². The van der Waals surface area contributed by atoms with Crippen LogP contribution in [-0.4, -0.2) is 6.71 Å². The lowest BCUT2D eigenvalue weighted by Gasteiger charge is -2.45. The Hall–Kier alpha value is -6.32. The van der Waals surface area contributed by atoms with Crippen LogP contribution in [0.15, 0.2) is 182 Å². The van der Waals surface area contributed by atoms with Crippen molar-refractivity contribution in [2.75, 3.05) is 9.80 Å². The minimum absolute atomic E-state index is 0.0561. The maximum absolute atomic E-state index is 2.58. The Morgan fingerprint density at radius 1 is 0.418 bits per heavy atom. The maximum atomic E-state index is 2.58. The zero-order valence-electron chi connectivity index (χ0n) is 30.9. The van der Waals surface area contributed by atoms with Crippen molar-refractivity contribution in [1.82, 2.24) is 0 Å². The van der Waals surface area contributed by atoms with E-state index in [0.717, 1.165) is 0 Å². The first-order valence-corrected chi connectivity index (χ1v) is 20.0. The smallest absolute Gasteiger partial charge is 0.252 e.